The van der Waals surface area contributed by atoms with E-state index in [0.29, 0.717) is 24.0 Å². The van der Waals surface area contributed by atoms with Gasteiger partial charge in [-0.2, -0.15) is 27.8 Å². The van der Waals surface area contributed by atoms with E-state index in [0.717, 1.165) is 56.1 Å². The molecule has 0 radical (unpaired) electrons. The van der Waals surface area contributed by atoms with Gasteiger partial charge in [-0.05, 0) is 96.1 Å². The molecule has 2 aliphatic carbocycles. The molecule has 12 nitrogen and oxygen atoms in total. The van der Waals surface area contributed by atoms with E-state index in [1.807, 2.05) is 45.8 Å². The van der Waals surface area contributed by atoms with Crippen molar-refractivity contribution in [2.45, 2.75) is 100 Å². The Kier molecular flexibility index (Phi) is 9.91. The van der Waals surface area contributed by atoms with Crippen LogP contribution in [0, 0.1) is 5.92 Å². The number of carbonyl (C=O) groups is 4. The zero-order valence-corrected chi connectivity index (χ0v) is 29.3. The van der Waals surface area contributed by atoms with Gasteiger partial charge in [0.05, 0.1) is 17.8 Å². The van der Waals surface area contributed by atoms with Gasteiger partial charge in [0.25, 0.3) is 5.56 Å². The lowest BCUT2D eigenvalue weighted by Crippen LogP contribution is -2.56. The molecule has 4 aliphatic rings. The zero-order valence-electron chi connectivity index (χ0n) is 27.6. The number of amides is 3. The van der Waals surface area contributed by atoms with E-state index in [1.54, 1.807) is 6.20 Å². The maximum absolute atomic E-state index is 14.5. The minimum absolute atomic E-state index is 0.0239. The van der Waals surface area contributed by atoms with Gasteiger partial charge in [0, 0.05) is 24.4 Å². The Morgan fingerprint density at radius 1 is 1.00 bits per heavy atom. The Balaban J connectivity index is 1.23. The van der Waals surface area contributed by atoms with Crippen LogP contribution in [0.4, 0.5) is 4.79 Å². The van der Waals surface area contributed by atoms with Gasteiger partial charge >= 0.3 is 12.1 Å². The summed E-state index contributed by atoms with van der Waals surface area (Å²) in [4.78, 5) is 69.8. The number of allylic oxidation sites excluding steroid dienone is 1. The van der Waals surface area contributed by atoms with Crippen LogP contribution in [-0.2, 0) is 19.1 Å². The molecule has 5 atom stereocenters. The summed E-state index contributed by atoms with van der Waals surface area (Å²) in [5.74, 6) is -2.57. The van der Waals surface area contributed by atoms with Crippen molar-refractivity contribution in [3.05, 3.63) is 62.4 Å². The number of aliphatic carboxylic acids is 1. The summed E-state index contributed by atoms with van der Waals surface area (Å²) in [6, 6.07) is 1.07. The van der Waals surface area contributed by atoms with Crippen LogP contribution >= 0.6 is 22.7 Å². The van der Waals surface area contributed by atoms with Crippen molar-refractivity contribution in [2.75, 3.05) is 6.54 Å². The molecule has 3 fully saturated rings. The van der Waals surface area contributed by atoms with Crippen LogP contribution < -0.4 is 16.2 Å². The third-order valence-electron chi connectivity index (χ3n) is 10.5. The Morgan fingerprint density at radius 2 is 1.74 bits per heavy atom. The molecule has 2 aliphatic heterocycles. The van der Waals surface area contributed by atoms with Crippen molar-refractivity contribution >= 4 is 46.6 Å². The van der Waals surface area contributed by atoms with E-state index in [4.69, 9.17) is 4.74 Å². The molecule has 3 aromatic rings. The molecule has 3 aromatic heterocycles. The van der Waals surface area contributed by atoms with Crippen molar-refractivity contribution < 1.29 is 29.0 Å². The number of carbonyl (C=O) groups excluding carboxylic acids is 3. The number of hydrogen-bond acceptors (Lipinski definition) is 9. The number of thiophene rings is 2. The predicted molar refractivity (Wildman–Crippen MR) is 189 cm³/mol. The van der Waals surface area contributed by atoms with E-state index < -0.39 is 47.5 Å². The standard InChI is InChI=1S/C36H41N5O7S2/c42-31-29-16-25(41-33(44)30(23-13-15-50-21-23)27(18-37-41)22-12-14-49-20-22)19-40(29)32(43)28(38-35(47)48-26-9-6-7-10-26)11-5-3-1-2-4-8-24-17-36(24,39-31)34(45)46/h4,8,12-15,18,20-21,24-26,28-29H,1-3,5-7,9-11,16-17,19H2,(H,38,47)(H,39,42)(H,45,46)/t24-,25-,28-,29+,36-/m1/s1. The lowest BCUT2D eigenvalue weighted by atomic mass is 10.0. The fourth-order valence-corrected chi connectivity index (χ4v) is 8.94. The number of alkyl carbamates (subject to hydrolysis) is 1. The van der Waals surface area contributed by atoms with Gasteiger partial charge in [0.2, 0.25) is 11.8 Å². The number of carboxylic acid groups (broad SMARTS) is 1. The SMILES string of the molecule is O=C(N[C@@H]1CCCCCC=C[C@@H]2C[C@@]2(C(=O)O)NC(=O)[C@@H]2C[C@@H](n3ncc(-c4ccsc4)c(-c4ccsc4)c3=O)CN2C1=O)OC1CCCC1. The van der Waals surface area contributed by atoms with Gasteiger partial charge in [0.15, 0.2) is 0 Å². The number of rotatable bonds is 6. The van der Waals surface area contributed by atoms with Crippen LogP contribution in [-0.4, -0.2) is 73.9 Å². The Hall–Kier alpha value is -4.30. The number of nitrogens with one attached hydrogen (secondary N) is 2. The summed E-state index contributed by atoms with van der Waals surface area (Å²) in [7, 11) is 0. The maximum atomic E-state index is 14.5. The zero-order chi connectivity index (χ0) is 34.8. The van der Waals surface area contributed by atoms with Crippen molar-refractivity contribution in [1.29, 1.82) is 0 Å². The average Bonchev–Trinajstić information content (AvgIpc) is 3.77. The highest BCUT2D eigenvalue weighted by atomic mass is 32.1. The second-order valence-corrected chi connectivity index (χ2v) is 15.3. The molecule has 0 bridgehead atoms. The summed E-state index contributed by atoms with van der Waals surface area (Å²) < 4.78 is 7.00. The Labute approximate surface area is 297 Å². The van der Waals surface area contributed by atoms with Crippen molar-refractivity contribution in [3.63, 3.8) is 0 Å². The van der Waals surface area contributed by atoms with Crippen LogP contribution in [0.5, 0.6) is 0 Å². The summed E-state index contributed by atoms with van der Waals surface area (Å²) in [6.45, 7) is -0.0239. The number of aromatic nitrogens is 2. The Morgan fingerprint density at radius 3 is 2.46 bits per heavy atom. The summed E-state index contributed by atoms with van der Waals surface area (Å²) in [5.41, 5.74) is 0.969. The van der Waals surface area contributed by atoms with Gasteiger partial charge in [-0.3, -0.25) is 14.4 Å². The highest BCUT2D eigenvalue weighted by Gasteiger charge is 2.61. The minimum atomic E-state index is -1.47. The summed E-state index contributed by atoms with van der Waals surface area (Å²) >= 11 is 2.99. The molecular formula is C36H41N5O7S2. The van der Waals surface area contributed by atoms with Gasteiger partial charge in [-0.1, -0.05) is 25.0 Å². The fraction of sp³-hybridized carbons (Fsp3) is 0.500. The smallest absolute Gasteiger partial charge is 0.408 e. The largest absolute Gasteiger partial charge is 0.479 e. The summed E-state index contributed by atoms with van der Waals surface area (Å²) in [6.07, 6.45) is 11.8. The first-order valence-electron chi connectivity index (χ1n) is 17.4. The van der Waals surface area contributed by atoms with Crippen LogP contribution in [0.1, 0.15) is 76.7 Å². The fourth-order valence-electron chi connectivity index (χ4n) is 7.64. The molecule has 0 spiro atoms. The number of ether oxygens (including phenoxy) is 1. The molecular weight excluding hydrogens is 679 g/mol. The molecule has 50 heavy (non-hydrogen) atoms. The maximum Gasteiger partial charge on any atom is 0.408 e. The topological polar surface area (TPSA) is 160 Å². The number of nitrogens with zero attached hydrogens (tertiary/aromatic N) is 3. The first-order valence-corrected chi connectivity index (χ1v) is 19.3. The van der Waals surface area contributed by atoms with Gasteiger partial charge in [-0.25, -0.2) is 14.3 Å². The molecule has 14 heteroatoms. The number of fused-ring (bicyclic) bond motifs is 2. The van der Waals surface area contributed by atoms with Gasteiger partial charge < -0.3 is 25.4 Å². The Bertz CT molecular complexity index is 1820. The third-order valence-corrected chi connectivity index (χ3v) is 11.9. The molecule has 0 unspecified atom stereocenters. The first kappa shape index (κ1) is 34.2. The minimum Gasteiger partial charge on any atom is -0.479 e. The molecule has 0 aromatic carbocycles. The van der Waals surface area contributed by atoms with Crippen LogP contribution in [0.3, 0.4) is 0 Å². The van der Waals surface area contributed by atoms with E-state index >= 15 is 0 Å². The van der Waals surface area contributed by atoms with E-state index in [2.05, 4.69) is 15.7 Å². The molecule has 5 heterocycles. The molecule has 1 saturated heterocycles. The normalized spacial score (nSPS) is 27.5. The van der Waals surface area contributed by atoms with E-state index in [-0.39, 0.29) is 37.0 Å². The monoisotopic (exact) mass is 719 g/mol. The summed E-state index contributed by atoms with van der Waals surface area (Å²) in [5, 5.41) is 28.1. The molecule has 2 saturated carbocycles. The van der Waals surface area contributed by atoms with Crippen molar-refractivity contribution in [2.24, 2.45) is 5.92 Å². The van der Waals surface area contributed by atoms with Crippen molar-refractivity contribution in [3.8, 4) is 22.3 Å². The number of carboxylic acids is 1. The van der Waals surface area contributed by atoms with E-state index in [9.17, 15) is 29.1 Å². The van der Waals surface area contributed by atoms with E-state index in [1.165, 1.54) is 32.3 Å². The number of hydrogen-bond donors (Lipinski definition) is 3. The molecule has 7 rings (SSSR count). The lowest BCUT2D eigenvalue weighted by molar-refractivity contribution is -0.145. The van der Waals surface area contributed by atoms with Crippen molar-refractivity contribution in [1.82, 2.24) is 25.3 Å². The lowest BCUT2D eigenvalue weighted by Gasteiger charge is -2.29. The first-order chi connectivity index (χ1) is 24.2. The van der Waals surface area contributed by atoms with Crippen LogP contribution in [0.25, 0.3) is 22.3 Å². The third kappa shape index (κ3) is 6.87. The quantitative estimate of drug-likeness (QED) is 0.287. The van der Waals surface area contributed by atoms with Crippen LogP contribution in [0.2, 0.25) is 0 Å². The average molecular weight is 720 g/mol. The van der Waals surface area contributed by atoms with Gasteiger partial charge in [-0.15, -0.1) is 0 Å². The van der Waals surface area contributed by atoms with Crippen LogP contribution in [0.15, 0.2) is 56.8 Å². The van der Waals surface area contributed by atoms with Gasteiger partial charge in [0.1, 0.15) is 23.7 Å². The molecule has 264 valence electrons. The molecule has 3 amide bonds. The second-order valence-electron chi connectivity index (χ2n) is 13.8. The predicted octanol–water partition coefficient (Wildman–Crippen LogP) is 5.36. The highest BCUT2D eigenvalue weighted by Crippen LogP contribution is 2.45. The highest BCUT2D eigenvalue weighted by molar-refractivity contribution is 7.08. The second kappa shape index (κ2) is 14.5. The molecule has 3 N–H and O–H groups in total.